The molecule has 0 saturated heterocycles. The van der Waals surface area contributed by atoms with Crippen LogP contribution in [0.25, 0.3) is 0 Å². The molecule has 0 fully saturated rings. The van der Waals surface area contributed by atoms with Gasteiger partial charge in [0.05, 0.1) is 4.90 Å². The molecule has 1 aliphatic carbocycles. The fourth-order valence-electron chi connectivity index (χ4n) is 2.02. The van der Waals surface area contributed by atoms with Gasteiger partial charge in [-0.05, 0) is 43.5 Å². The second-order valence-electron chi connectivity index (χ2n) is 4.59. The van der Waals surface area contributed by atoms with Crippen molar-refractivity contribution in [2.24, 2.45) is 0 Å². The van der Waals surface area contributed by atoms with Crippen molar-refractivity contribution in [2.75, 3.05) is 0 Å². The molecule has 0 saturated carbocycles. The van der Waals surface area contributed by atoms with Gasteiger partial charge in [0.25, 0.3) is 15.0 Å². The fraction of sp³-hybridized carbons (Fsp3) is 0.308. The van der Waals surface area contributed by atoms with Gasteiger partial charge in [-0.3, -0.25) is 4.79 Å². The monoisotopic (exact) mass is 299 g/mol. The molecule has 0 heterocycles. The summed E-state index contributed by atoms with van der Waals surface area (Å²) < 4.78 is 22.7. The lowest BCUT2D eigenvalue weighted by atomic mass is 10.1. The van der Waals surface area contributed by atoms with Gasteiger partial charge < -0.3 is 5.32 Å². The Labute approximate surface area is 116 Å². The molecule has 2 rings (SSSR count). The topological polar surface area (TPSA) is 63.2 Å². The molecule has 0 atom stereocenters. The van der Waals surface area contributed by atoms with E-state index in [2.05, 4.69) is 5.32 Å². The lowest BCUT2D eigenvalue weighted by molar-refractivity contribution is 0.0938. The van der Waals surface area contributed by atoms with Crippen LogP contribution < -0.4 is 5.32 Å². The van der Waals surface area contributed by atoms with Crippen molar-refractivity contribution in [3.8, 4) is 0 Å². The van der Waals surface area contributed by atoms with Crippen LogP contribution in [-0.2, 0) is 9.05 Å². The van der Waals surface area contributed by atoms with Crippen LogP contribution in [0.4, 0.5) is 0 Å². The molecule has 0 aliphatic heterocycles. The minimum Gasteiger partial charge on any atom is -0.349 e. The molecule has 19 heavy (non-hydrogen) atoms. The number of hydrogen-bond donors (Lipinski definition) is 1. The number of carbonyl (C=O) groups excluding carboxylic acids is 1. The Morgan fingerprint density at radius 1 is 1.26 bits per heavy atom. The zero-order valence-electron chi connectivity index (χ0n) is 10.4. The summed E-state index contributed by atoms with van der Waals surface area (Å²) in [5, 5.41) is 2.86. The van der Waals surface area contributed by atoms with E-state index in [-0.39, 0.29) is 16.8 Å². The minimum atomic E-state index is -3.83. The van der Waals surface area contributed by atoms with Gasteiger partial charge in [0.1, 0.15) is 0 Å². The summed E-state index contributed by atoms with van der Waals surface area (Å²) >= 11 is 0. The summed E-state index contributed by atoms with van der Waals surface area (Å²) in [5.41, 5.74) is 0.988. The van der Waals surface area contributed by atoms with Gasteiger partial charge in [-0.15, -0.1) is 0 Å². The fourth-order valence-corrected chi connectivity index (χ4v) is 2.89. The number of benzene rings is 1. The van der Waals surface area contributed by atoms with E-state index < -0.39 is 9.05 Å². The summed E-state index contributed by atoms with van der Waals surface area (Å²) in [4.78, 5) is 12.0. The van der Waals surface area contributed by atoms with Crippen molar-refractivity contribution in [2.45, 2.75) is 30.7 Å². The van der Waals surface area contributed by atoms with Gasteiger partial charge in [-0.1, -0.05) is 12.2 Å². The molecule has 0 radical (unpaired) electrons. The predicted octanol–water partition coefficient (Wildman–Crippen LogP) is 2.37. The second-order valence-corrected chi connectivity index (χ2v) is 7.15. The number of halogens is 1. The Hall–Kier alpha value is -1.33. The van der Waals surface area contributed by atoms with E-state index in [1.54, 1.807) is 13.0 Å². The van der Waals surface area contributed by atoms with E-state index in [1.807, 2.05) is 12.2 Å². The molecule has 1 aromatic rings. The number of rotatable bonds is 3. The summed E-state index contributed by atoms with van der Waals surface area (Å²) in [6, 6.07) is 4.47. The van der Waals surface area contributed by atoms with Gasteiger partial charge in [-0.2, -0.15) is 0 Å². The van der Waals surface area contributed by atoms with Crippen molar-refractivity contribution >= 4 is 25.6 Å². The third-order valence-electron chi connectivity index (χ3n) is 2.94. The maximum Gasteiger partial charge on any atom is 0.261 e. The number of aryl methyl sites for hydroxylation is 1. The van der Waals surface area contributed by atoms with Crippen molar-refractivity contribution in [1.29, 1.82) is 0 Å². The zero-order chi connectivity index (χ0) is 14.0. The van der Waals surface area contributed by atoms with E-state index >= 15 is 0 Å². The van der Waals surface area contributed by atoms with Crippen LogP contribution in [0.5, 0.6) is 0 Å². The quantitative estimate of drug-likeness (QED) is 0.688. The van der Waals surface area contributed by atoms with Crippen molar-refractivity contribution < 1.29 is 13.2 Å². The Kier molecular flexibility index (Phi) is 3.96. The van der Waals surface area contributed by atoms with Crippen LogP contribution in [0.3, 0.4) is 0 Å². The molecular formula is C13H14ClNO3S. The number of nitrogens with one attached hydrogen (secondary N) is 1. The molecule has 0 unspecified atom stereocenters. The first kappa shape index (κ1) is 14.1. The van der Waals surface area contributed by atoms with Crippen molar-refractivity contribution in [1.82, 2.24) is 5.32 Å². The average Bonchev–Trinajstić information content (AvgIpc) is 2.79. The van der Waals surface area contributed by atoms with E-state index in [0.29, 0.717) is 11.1 Å². The summed E-state index contributed by atoms with van der Waals surface area (Å²) in [5.74, 6) is -0.279. The summed E-state index contributed by atoms with van der Waals surface area (Å²) in [6.07, 6.45) is 5.63. The zero-order valence-corrected chi connectivity index (χ0v) is 12.0. The average molecular weight is 300 g/mol. The first-order valence-corrected chi connectivity index (χ1v) is 8.19. The summed E-state index contributed by atoms with van der Waals surface area (Å²) in [6.45, 7) is 1.72. The van der Waals surface area contributed by atoms with Gasteiger partial charge in [0.15, 0.2) is 0 Å². The van der Waals surface area contributed by atoms with Crippen molar-refractivity contribution in [3.63, 3.8) is 0 Å². The standard InChI is InChI=1S/C13H14ClNO3S/c1-9-6-10(8-12(7-9)19(14,17)18)13(16)15-11-4-2-3-5-11/h2-3,6-8,11H,4-5H2,1H3,(H,15,16). The van der Waals surface area contributed by atoms with Crippen LogP contribution in [-0.4, -0.2) is 20.4 Å². The largest absolute Gasteiger partial charge is 0.349 e. The van der Waals surface area contributed by atoms with Crippen LogP contribution in [0.15, 0.2) is 35.2 Å². The van der Waals surface area contributed by atoms with Crippen LogP contribution >= 0.6 is 10.7 Å². The Bertz CT molecular complexity index is 629. The van der Waals surface area contributed by atoms with Gasteiger partial charge in [0, 0.05) is 22.3 Å². The molecule has 102 valence electrons. The van der Waals surface area contributed by atoms with Crippen LogP contribution in [0, 0.1) is 6.92 Å². The summed E-state index contributed by atoms with van der Waals surface area (Å²) in [7, 11) is 1.48. The molecule has 0 spiro atoms. The molecule has 4 nitrogen and oxygen atoms in total. The lowest BCUT2D eigenvalue weighted by Crippen LogP contribution is -2.32. The predicted molar refractivity (Wildman–Crippen MR) is 73.8 cm³/mol. The molecular weight excluding hydrogens is 286 g/mol. The highest BCUT2D eigenvalue weighted by atomic mass is 35.7. The molecule has 0 bridgehead atoms. The third kappa shape index (κ3) is 3.58. The smallest absolute Gasteiger partial charge is 0.261 e. The normalized spacial score (nSPS) is 15.7. The van der Waals surface area contributed by atoms with Crippen molar-refractivity contribution in [3.05, 3.63) is 41.5 Å². The lowest BCUT2D eigenvalue weighted by Gasteiger charge is -2.12. The van der Waals surface area contributed by atoms with Gasteiger partial charge >= 0.3 is 0 Å². The van der Waals surface area contributed by atoms with Crippen LogP contribution in [0.2, 0.25) is 0 Å². The van der Waals surface area contributed by atoms with Gasteiger partial charge in [-0.25, -0.2) is 8.42 Å². The first-order chi connectivity index (χ1) is 8.86. The van der Waals surface area contributed by atoms with E-state index in [4.69, 9.17) is 10.7 Å². The number of hydrogen-bond acceptors (Lipinski definition) is 3. The highest BCUT2D eigenvalue weighted by Crippen LogP contribution is 2.19. The van der Waals surface area contributed by atoms with E-state index in [0.717, 1.165) is 12.8 Å². The molecule has 0 aromatic heterocycles. The molecule has 1 amide bonds. The third-order valence-corrected chi connectivity index (χ3v) is 4.27. The Balaban J connectivity index is 2.24. The Morgan fingerprint density at radius 3 is 2.47 bits per heavy atom. The minimum absolute atomic E-state index is 0.0520. The van der Waals surface area contributed by atoms with Crippen LogP contribution in [0.1, 0.15) is 28.8 Å². The second kappa shape index (κ2) is 5.35. The molecule has 6 heteroatoms. The SMILES string of the molecule is Cc1cc(C(=O)NC2CC=CC2)cc(S(=O)(=O)Cl)c1. The number of amides is 1. The molecule has 1 aliphatic rings. The molecule has 1 aromatic carbocycles. The van der Waals surface area contributed by atoms with E-state index in [9.17, 15) is 13.2 Å². The highest BCUT2D eigenvalue weighted by Gasteiger charge is 2.18. The maximum atomic E-state index is 12.1. The van der Waals surface area contributed by atoms with E-state index in [1.165, 1.54) is 12.1 Å². The number of carbonyl (C=O) groups is 1. The maximum absolute atomic E-state index is 12.1. The Morgan fingerprint density at radius 2 is 1.89 bits per heavy atom. The first-order valence-electron chi connectivity index (χ1n) is 5.88. The highest BCUT2D eigenvalue weighted by molar-refractivity contribution is 8.13. The van der Waals surface area contributed by atoms with Gasteiger partial charge in [0.2, 0.25) is 0 Å². The molecule has 1 N–H and O–H groups in total.